The van der Waals surface area contributed by atoms with Crippen LogP contribution in [0.4, 0.5) is 0 Å². The quantitative estimate of drug-likeness (QED) is 0.605. The molecule has 3 unspecified atom stereocenters. The maximum Gasteiger partial charge on any atom is 0.336 e. The summed E-state index contributed by atoms with van der Waals surface area (Å²) < 4.78 is 9.96. The number of aliphatic hydroxyl groups is 1. The van der Waals surface area contributed by atoms with Gasteiger partial charge < -0.3 is 19.6 Å². The zero-order valence-electron chi connectivity index (χ0n) is 12.0. The SMILES string of the molecule is COC(=O)C(O)CNC(=O)/C=C/c1ccc(C2CC2C)o1. The summed E-state index contributed by atoms with van der Waals surface area (Å²) in [4.78, 5) is 22.5. The second kappa shape index (κ2) is 6.58. The lowest BCUT2D eigenvalue weighted by molar-refractivity contribution is -0.150. The summed E-state index contributed by atoms with van der Waals surface area (Å²) in [6.45, 7) is 1.97. The fourth-order valence-electron chi connectivity index (χ4n) is 2.01. The van der Waals surface area contributed by atoms with Crippen molar-refractivity contribution < 1.29 is 23.8 Å². The molecule has 114 valence electrons. The fraction of sp³-hybridized carbons (Fsp3) is 0.467. The lowest BCUT2D eigenvalue weighted by Gasteiger charge is -2.07. The minimum absolute atomic E-state index is 0.196. The Morgan fingerprint density at radius 2 is 2.29 bits per heavy atom. The number of hydrogen-bond donors (Lipinski definition) is 2. The van der Waals surface area contributed by atoms with Crippen molar-refractivity contribution in [3.8, 4) is 0 Å². The number of esters is 1. The topological polar surface area (TPSA) is 88.8 Å². The highest BCUT2D eigenvalue weighted by atomic mass is 16.5. The molecule has 0 radical (unpaired) electrons. The molecule has 1 aliphatic carbocycles. The van der Waals surface area contributed by atoms with Crippen LogP contribution in [0.25, 0.3) is 6.08 Å². The van der Waals surface area contributed by atoms with E-state index >= 15 is 0 Å². The summed E-state index contributed by atoms with van der Waals surface area (Å²) >= 11 is 0. The maximum atomic E-state index is 11.5. The van der Waals surface area contributed by atoms with E-state index in [0.29, 0.717) is 17.6 Å². The van der Waals surface area contributed by atoms with Crippen LogP contribution in [0, 0.1) is 5.92 Å². The first-order valence-electron chi connectivity index (χ1n) is 6.82. The molecule has 1 fully saturated rings. The number of nitrogens with one attached hydrogen (secondary N) is 1. The highest BCUT2D eigenvalue weighted by Crippen LogP contribution is 2.47. The minimum Gasteiger partial charge on any atom is -0.467 e. The number of rotatable bonds is 6. The van der Waals surface area contributed by atoms with Crippen LogP contribution in [0.2, 0.25) is 0 Å². The number of carbonyl (C=O) groups is 2. The molecular weight excluding hydrogens is 274 g/mol. The van der Waals surface area contributed by atoms with Crippen LogP contribution in [-0.2, 0) is 14.3 Å². The third-order valence-electron chi connectivity index (χ3n) is 3.46. The van der Waals surface area contributed by atoms with Gasteiger partial charge in [0.05, 0.1) is 13.7 Å². The van der Waals surface area contributed by atoms with Crippen LogP contribution >= 0.6 is 0 Å². The van der Waals surface area contributed by atoms with Gasteiger partial charge in [-0.3, -0.25) is 4.79 Å². The second-order valence-electron chi connectivity index (χ2n) is 5.18. The number of amides is 1. The van der Waals surface area contributed by atoms with Gasteiger partial charge in [-0.1, -0.05) is 6.92 Å². The van der Waals surface area contributed by atoms with E-state index in [1.165, 1.54) is 13.2 Å². The zero-order valence-corrected chi connectivity index (χ0v) is 12.0. The molecule has 1 aromatic rings. The summed E-state index contributed by atoms with van der Waals surface area (Å²) in [5, 5.41) is 11.7. The molecule has 0 aromatic carbocycles. The largest absolute Gasteiger partial charge is 0.467 e. The summed E-state index contributed by atoms with van der Waals surface area (Å²) in [5.41, 5.74) is 0. The van der Waals surface area contributed by atoms with Gasteiger partial charge in [-0.2, -0.15) is 0 Å². The van der Waals surface area contributed by atoms with Crippen molar-refractivity contribution in [1.29, 1.82) is 0 Å². The molecule has 6 heteroatoms. The normalized spacial score (nSPS) is 22.0. The molecule has 1 saturated carbocycles. The van der Waals surface area contributed by atoms with Gasteiger partial charge in [-0.25, -0.2) is 4.79 Å². The second-order valence-corrected chi connectivity index (χ2v) is 5.18. The van der Waals surface area contributed by atoms with Gasteiger partial charge in [0.2, 0.25) is 5.91 Å². The highest BCUT2D eigenvalue weighted by Gasteiger charge is 2.36. The van der Waals surface area contributed by atoms with Crippen LogP contribution in [0.5, 0.6) is 0 Å². The van der Waals surface area contributed by atoms with Crippen LogP contribution in [0.3, 0.4) is 0 Å². The third kappa shape index (κ3) is 4.19. The first-order chi connectivity index (χ1) is 10.0. The molecule has 0 saturated heterocycles. The van der Waals surface area contributed by atoms with Crippen molar-refractivity contribution in [3.63, 3.8) is 0 Å². The van der Waals surface area contributed by atoms with E-state index in [0.717, 1.165) is 12.2 Å². The predicted octanol–water partition coefficient (Wildman–Crippen LogP) is 1.07. The standard InChI is InChI=1S/C15H19NO5/c1-9-7-11(9)13-5-3-10(21-13)4-6-14(18)16-8-12(17)15(19)20-2/h3-6,9,11-12,17H,7-8H2,1-2H3,(H,16,18)/b6-4+. The van der Waals surface area contributed by atoms with E-state index < -0.39 is 18.0 Å². The van der Waals surface area contributed by atoms with E-state index in [9.17, 15) is 14.7 Å². The van der Waals surface area contributed by atoms with E-state index in [2.05, 4.69) is 17.0 Å². The number of hydrogen-bond acceptors (Lipinski definition) is 5. The van der Waals surface area contributed by atoms with Gasteiger partial charge in [0, 0.05) is 12.0 Å². The van der Waals surface area contributed by atoms with Gasteiger partial charge in [-0.05, 0) is 30.5 Å². The Kier molecular flexibility index (Phi) is 4.80. The van der Waals surface area contributed by atoms with Gasteiger partial charge in [0.1, 0.15) is 11.5 Å². The molecule has 21 heavy (non-hydrogen) atoms. The van der Waals surface area contributed by atoms with Crippen molar-refractivity contribution in [1.82, 2.24) is 5.32 Å². The molecule has 2 rings (SSSR count). The Balaban J connectivity index is 1.79. The van der Waals surface area contributed by atoms with Crippen molar-refractivity contribution in [3.05, 3.63) is 29.7 Å². The van der Waals surface area contributed by atoms with E-state index in [-0.39, 0.29) is 6.54 Å². The monoisotopic (exact) mass is 293 g/mol. The van der Waals surface area contributed by atoms with Gasteiger partial charge >= 0.3 is 5.97 Å². The van der Waals surface area contributed by atoms with E-state index in [1.54, 1.807) is 6.08 Å². The number of aliphatic hydroxyl groups excluding tert-OH is 1. The van der Waals surface area contributed by atoms with E-state index in [1.807, 2.05) is 12.1 Å². The fourth-order valence-corrected chi connectivity index (χ4v) is 2.01. The maximum absolute atomic E-state index is 11.5. The predicted molar refractivity (Wildman–Crippen MR) is 75.3 cm³/mol. The molecular formula is C15H19NO5. The van der Waals surface area contributed by atoms with E-state index in [4.69, 9.17) is 4.42 Å². The Bertz CT molecular complexity index is 548. The Morgan fingerprint density at radius 3 is 2.90 bits per heavy atom. The molecule has 1 amide bonds. The number of ether oxygens (including phenoxy) is 1. The lowest BCUT2D eigenvalue weighted by atomic mass is 10.3. The molecule has 3 atom stereocenters. The molecule has 1 heterocycles. The molecule has 0 spiro atoms. The summed E-state index contributed by atoms with van der Waals surface area (Å²) in [6, 6.07) is 3.74. The Hall–Kier alpha value is -2.08. The third-order valence-corrected chi connectivity index (χ3v) is 3.46. The first-order valence-corrected chi connectivity index (χ1v) is 6.82. The van der Waals surface area contributed by atoms with Crippen molar-refractivity contribution in [2.45, 2.75) is 25.4 Å². The zero-order chi connectivity index (χ0) is 15.4. The number of methoxy groups -OCH3 is 1. The van der Waals surface area contributed by atoms with Crippen molar-refractivity contribution in [2.75, 3.05) is 13.7 Å². The summed E-state index contributed by atoms with van der Waals surface area (Å²) in [6.07, 6.45) is 2.63. The average molecular weight is 293 g/mol. The molecule has 6 nitrogen and oxygen atoms in total. The molecule has 0 aliphatic heterocycles. The van der Waals surface area contributed by atoms with Crippen LogP contribution < -0.4 is 5.32 Å². The molecule has 1 aromatic heterocycles. The van der Waals surface area contributed by atoms with Gasteiger partial charge in [0.25, 0.3) is 0 Å². The Labute approximate surface area is 122 Å². The summed E-state index contributed by atoms with van der Waals surface area (Å²) in [7, 11) is 1.17. The molecule has 1 aliphatic rings. The number of carbonyl (C=O) groups excluding carboxylic acids is 2. The number of furan rings is 1. The van der Waals surface area contributed by atoms with Crippen LogP contribution in [0.15, 0.2) is 22.6 Å². The molecule has 0 bridgehead atoms. The highest BCUT2D eigenvalue weighted by molar-refractivity contribution is 5.91. The smallest absolute Gasteiger partial charge is 0.336 e. The van der Waals surface area contributed by atoms with Gasteiger partial charge in [-0.15, -0.1) is 0 Å². The Morgan fingerprint density at radius 1 is 1.57 bits per heavy atom. The lowest BCUT2D eigenvalue weighted by Crippen LogP contribution is -2.36. The molecule has 2 N–H and O–H groups in total. The van der Waals surface area contributed by atoms with Crippen molar-refractivity contribution >= 4 is 18.0 Å². The minimum atomic E-state index is -1.36. The van der Waals surface area contributed by atoms with Crippen molar-refractivity contribution in [2.24, 2.45) is 5.92 Å². The van der Waals surface area contributed by atoms with Gasteiger partial charge in [0.15, 0.2) is 6.10 Å². The van der Waals surface area contributed by atoms with Crippen LogP contribution in [0.1, 0.15) is 30.8 Å². The first kappa shape index (κ1) is 15.3. The van der Waals surface area contributed by atoms with Crippen LogP contribution in [-0.4, -0.2) is 36.7 Å². The summed E-state index contributed by atoms with van der Waals surface area (Å²) in [5.74, 6) is 1.51. The average Bonchev–Trinajstić information content (AvgIpc) is 3.02.